The van der Waals surface area contributed by atoms with Gasteiger partial charge in [-0.2, -0.15) is 0 Å². The fourth-order valence-corrected chi connectivity index (χ4v) is 4.04. The number of esters is 1. The van der Waals surface area contributed by atoms with Gasteiger partial charge in [0.1, 0.15) is 5.75 Å². The molecule has 0 unspecified atom stereocenters. The van der Waals surface area contributed by atoms with Gasteiger partial charge >= 0.3 is 5.97 Å². The second-order valence-corrected chi connectivity index (χ2v) is 8.18. The summed E-state index contributed by atoms with van der Waals surface area (Å²) in [5.41, 5.74) is 4.76. The molecule has 0 saturated heterocycles. The van der Waals surface area contributed by atoms with Crippen LogP contribution in [-0.2, 0) is 4.74 Å². The highest BCUT2D eigenvalue weighted by molar-refractivity contribution is 6.07. The lowest BCUT2D eigenvalue weighted by molar-refractivity contribution is 0.0527. The molecule has 3 aromatic carbocycles. The Morgan fingerprint density at radius 2 is 1.65 bits per heavy atom. The van der Waals surface area contributed by atoms with E-state index in [1.807, 2.05) is 85.1 Å². The van der Waals surface area contributed by atoms with Crippen molar-refractivity contribution in [2.45, 2.75) is 13.8 Å². The molecule has 1 heterocycles. The number of ether oxygens (including phenoxy) is 2. The van der Waals surface area contributed by atoms with Crippen LogP contribution in [0.15, 0.2) is 72.8 Å². The minimum absolute atomic E-state index is 0.0874. The third-order valence-electron chi connectivity index (χ3n) is 5.75. The Morgan fingerprint density at radius 1 is 0.941 bits per heavy atom. The quantitative estimate of drug-likeness (QED) is 0.261. The summed E-state index contributed by atoms with van der Waals surface area (Å²) in [4.78, 5) is 27.4. The van der Waals surface area contributed by atoms with Crippen LogP contribution in [0.5, 0.6) is 5.75 Å². The molecule has 0 aliphatic heterocycles. The number of Topliss-reactive ketones (excluding diaryl/α,β-unsaturated/α-hetero) is 1. The Labute approximate surface area is 199 Å². The Hall–Kier alpha value is -4.06. The summed E-state index contributed by atoms with van der Waals surface area (Å²) in [5, 5.41) is 0.720. The van der Waals surface area contributed by atoms with E-state index in [-0.39, 0.29) is 25.0 Å². The molecule has 4 rings (SSSR count). The highest BCUT2D eigenvalue weighted by Gasteiger charge is 2.22. The van der Waals surface area contributed by atoms with E-state index < -0.39 is 0 Å². The largest absolute Gasteiger partial charge is 0.485 e. The zero-order valence-corrected chi connectivity index (χ0v) is 19.9. The molecule has 0 fully saturated rings. The van der Waals surface area contributed by atoms with Crippen molar-refractivity contribution in [2.24, 2.45) is 0 Å². The van der Waals surface area contributed by atoms with Crippen LogP contribution in [0.1, 0.15) is 33.3 Å². The highest BCUT2D eigenvalue weighted by Crippen LogP contribution is 2.33. The van der Waals surface area contributed by atoms with Crippen LogP contribution in [0.25, 0.3) is 16.6 Å². The highest BCUT2D eigenvalue weighted by atomic mass is 16.5. The number of nitrogens with zero attached hydrogens (tertiary/aromatic N) is 2. The number of hydrogen-bond donors (Lipinski definition) is 0. The van der Waals surface area contributed by atoms with E-state index >= 15 is 0 Å². The Bertz CT molecular complexity index is 1320. The van der Waals surface area contributed by atoms with Gasteiger partial charge in [-0.05, 0) is 56.3 Å². The van der Waals surface area contributed by atoms with Crippen LogP contribution in [0.2, 0.25) is 0 Å². The second kappa shape index (κ2) is 9.83. The average Bonchev–Trinajstić information content (AvgIpc) is 3.14. The maximum Gasteiger partial charge on any atom is 0.340 e. The number of rotatable bonds is 8. The van der Waals surface area contributed by atoms with Crippen molar-refractivity contribution in [2.75, 3.05) is 32.2 Å². The standard InChI is InChI=1S/C28H28N2O4/c1-5-33-28(32)27-19(2)30(22-13-11-21(12-14-22)29(3)4)25-16-15-23(17-24(25)27)34-18-26(31)20-9-7-6-8-10-20/h6-17H,5,18H2,1-4H3. The third-order valence-corrected chi connectivity index (χ3v) is 5.75. The second-order valence-electron chi connectivity index (χ2n) is 8.18. The number of carbonyl (C=O) groups is 2. The summed E-state index contributed by atoms with van der Waals surface area (Å²) in [7, 11) is 3.99. The monoisotopic (exact) mass is 456 g/mol. The Morgan fingerprint density at radius 3 is 2.29 bits per heavy atom. The van der Waals surface area contributed by atoms with Crippen LogP contribution in [-0.4, -0.2) is 43.6 Å². The van der Waals surface area contributed by atoms with Gasteiger partial charge in [0.2, 0.25) is 0 Å². The lowest BCUT2D eigenvalue weighted by Gasteiger charge is -2.14. The maximum absolute atomic E-state index is 12.9. The average molecular weight is 457 g/mol. The fourth-order valence-electron chi connectivity index (χ4n) is 4.04. The molecule has 0 amide bonds. The summed E-state index contributed by atoms with van der Waals surface area (Å²) in [6.45, 7) is 3.89. The Balaban J connectivity index is 1.73. The molecule has 174 valence electrons. The van der Waals surface area contributed by atoms with E-state index in [0.717, 1.165) is 28.0 Å². The molecule has 0 aliphatic rings. The number of benzene rings is 3. The summed E-state index contributed by atoms with van der Waals surface area (Å²) in [6.07, 6.45) is 0. The first-order valence-electron chi connectivity index (χ1n) is 11.2. The van der Waals surface area contributed by atoms with E-state index in [1.54, 1.807) is 25.1 Å². The van der Waals surface area contributed by atoms with Crippen LogP contribution in [0.3, 0.4) is 0 Å². The molecule has 0 aliphatic carbocycles. The first-order chi connectivity index (χ1) is 16.4. The summed E-state index contributed by atoms with van der Waals surface area (Å²) >= 11 is 0. The van der Waals surface area contributed by atoms with Gasteiger partial charge in [-0.15, -0.1) is 0 Å². The van der Waals surface area contributed by atoms with Gasteiger partial charge in [0.05, 0.1) is 17.7 Å². The molecule has 0 N–H and O–H groups in total. The van der Waals surface area contributed by atoms with Crippen molar-refractivity contribution >= 4 is 28.3 Å². The molecule has 0 bridgehead atoms. The van der Waals surface area contributed by atoms with Crippen LogP contribution in [0, 0.1) is 6.92 Å². The van der Waals surface area contributed by atoms with Crippen LogP contribution in [0.4, 0.5) is 5.69 Å². The van der Waals surface area contributed by atoms with Gasteiger partial charge in [-0.3, -0.25) is 4.79 Å². The van der Waals surface area contributed by atoms with Gasteiger partial charge in [-0.25, -0.2) is 4.79 Å². The molecule has 34 heavy (non-hydrogen) atoms. The zero-order chi connectivity index (χ0) is 24.2. The van der Waals surface area contributed by atoms with Crippen molar-refractivity contribution in [3.63, 3.8) is 0 Å². The molecule has 0 atom stereocenters. The SMILES string of the molecule is CCOC(=O)c1c(C)n(-c2ccc(N(C)C)cc2)c2ccc(OCC(=O)c3ccccc3)cc12. The van der Waals surface area contributed by atoms with E-state index in [1.165, 1.54) is 0 Å². The van der Waals surface area contributed by atoms with Crippen molar-refractivity contribution in [1.82, 2.24) is 4.57 Å². The van der Waals surface area contributed by atoms with Crippen LogP contribution < -0.4 is 9.64 Å². The van der Waals surface area contributed by atoms with Gasteiger partial charge in [0, 0.05) is 42.1 Å². The van der Waals surface area contributed by atoms with E-state index in [0.29, 0.717) is 16.9 Å². The van der Waals surface area contributed by atoms with Crippen LogP contribution >= 0.6 is 0 Å². The number of fused-ring (bicyclic) bond motifs is 1. The van der Waals surface area contributed by atoms with E-state index in [4.69, 9.17) is 9.47 Å². The number of aromatic nitrogens is 1. The predicted octanol–water partition coefficient (Wildman–Crippen LogP) is 5.44. The van der Waals surface area contributed by atoms with Gasteiger partial charge in [0.15, 0.2) is 12.4 Å². The van der Waals surface area contributed by atoms with Gasteiger partial charge in [-0.1, -0.05) is 30.3 Å². The van der Waals surface area contributed by atoms with Crippen molar-refractivity contribution in [3.05, 3.63) is 89.6 Å². The van der Waals surface area contributed by atoms with Gasteiger partial charge < -0.3 is 18.9 Å². The first kappa shape index (κ1) is 23.1. The van der Waals surface area contributed by atoms with Gasteiger partial charge in [0.25, 0.3) is 0 Å². The number of hydrogen-bond acceptors (Lipinski definition) is 5. The van der Waals surface area contributed by atoms with Crippen molar-refractivity contribution in [1.29, 1.82) is 0 Å². The molecule has 0 radical (unpaired) electrons. The maximum atomic E-state index is 12.9. The molecule has 6 heteroatoms. The zero-order valence-electron chi connectivity index (χ0n) is 19.9. The van der Waals surface area contributed by atoms with E-state index in [9.17, 15) is 9.59 Å². The number of carbonyl (C=O) groups excluding carboxylic acids is 2. The fraction of sp³-hybridized carbons (Fsp3) is 0.214. The third kappa shape index (κ3) is 4.53. The lowest BCUT2D eigenvalue weighted by atomic mass is 10.1. The minimum Gasteiger partial charge on any atom is -0.485 e. The molecule has 0 saturated carbocycles. The number of ketones is 1. The normalized spacial score (nSPS) is 10.8. The summed E-state index contributed by atoms with van der Waals surface area (Å²) in [5.74, 6) is 0.0228. The summed E-state index contributed by atoms with van der Waals surface area (Å²) < 4.78 is 13.2. The lowest BCUT2D eigenvalue weighted by Crippen LogP contribution is -2.11. The molecule has 6 nitrogen and oxygen atoms in total. The smallest absolute Gasteiger partial charge is 0.340 e. The topological polar surface area (TPSA) is 60.8 Å². The summed E-state index contributed by atoms with van der Waals surface area (Å²) in [6, 6.07) is 22.7. The molecule has 0 spiro atoms. The van der Waals surface area contributed by atoms with Crippen molar-refractivity contribution in [3.8, 4) is 11.4 Å². The molecular formula is C28H28N2O4. The minimum atomic E-state index is -0.383. The molecule has 1 aromatic heterocycles. The Kier molecular flexibility index (Phi) is 6.68. The van der Waals surface area contributed by atoms with E-state index in [2.05, 4.69) is 0 Å². The first-order valence-corrected chi connectivity index (χ1v) is 11.2. The van der Waals surface area contributed by atoms with Crippen molar-refractivity contribution < 1.29 is 19.1 Å². The molecular weight excluding hydrogens is 428 g/mol. The predicted molar refractivity (Wildman–Crippen MR) is 135 cm³/mol. The molecule has 4 aromatic rings. The number of anilines is 1.